The molecule has 1 radical (unpaired) electrons. The smallest absolute Gasteiger partial charge is 0.387 e. The van der Waals surface area contributed by atoms with Crippen LogP contribution >= 0.6 is 0 Å². The Morgan fingerprint density at radius 3 is 2.60 bits per heavy atom. The van der Waals surface area contributed by atoms with Gasteiger partial charge >= 0.3 is 9.28 Å². The summed E-state index contributed by atoms with van der Waals surface area (Å²) in [6, 6.07) is 0. The van der Waals surface area contributed by atoms with Gasteiger partial charge in [-0.05, 0) is 12.8 Å². The van der Waals surface area contributed by atoms with Gasteiger partial charge < -0.3 is 18.3 Å². The van der Waals surface area contributed by atoms with Crippen LogP contribution in [0.3, 0.4) is 0 Å². The molecule has 0 spiro atoms. The Morgan fingerprint density at radius 1 is 1.40 bits per heavy atom. The summed E-state index contributed by atoms with van der Waals surface area (Å²) in [5.41, 5.74) is 0.505. The molecule has 0 N–H and O–H groups in total. The molecule has 1 heterocycles. The van der Waals surface area contributed by atoms with Crippen molar-refractivity contribution in [1.29, 1.82) is 0 Å². The third-order valence-corrected chi connectivity index (χ3v) is 4.33. The number of rotatable bonds is 9. The highest BCUT2D eigenvalue weighted by Crippen LogP contribution is 2.17. The Kier molecular flexibility index (Phi) is 6.43. The highest BCUT2D eigenvalue weighted by Gasteiger charge is 2.23. The van der Waals surface area contributed by atoms with Crippen molar-refractivity contribution >= 4 is 9.28 Å². The first-order valence-corrected chi connectivity index (χ1v) is 6.81. The van der Waals surface area contributed by atoms with Crippen LogP contribution in [0.2, 0.25) is 5.54 Å². The van der Waals surface area contributed by atoms with E-state index >= 15 is 0 Å². The Labute approximate surface area is 93.7 Å². The van der Waals surface area contributed by atoms with Crippen LogP contribution in [0.5, 0.6) is 0 Å². The van der Waals surface area contributed by atoms with Gasteiger partial charge in [0.05, 0.1) is 13.2 Å². The lowest BCUT2D eigenvalue weighted by molar-refractivity contribution is 0.112. The highest BCUT2D eigenvalue weighted by atomic mass is 28.3. The Morgan fingerprint density at radius 2 is 2.07 bits per heavy atom. The summed E-state index contributed by atoms with van der Waals surface area (Å²) in [5.74, 6) is 0. The second kappa shape index (κ2) is 7.35. The van der Waals surface area contributed by atoms with Crippen LogP contribution < -0.4 is 0 Å². The van der Waals surface area contributed by atoms with Crippen molar-refractivity contribution in [3.63, 3.8) is 0 Å². The maximum atomic E-state index is 5.46. The lowest BCUT2D eigenvalue weighted by atomic mass is 10.2. The van der Waals surface area contributed by atoms with Crippen LogP contribution in [-0.4, -0.2) is 49.4 Å². The van der Waals surface area contributed by atoms with E-state index in [4.69, 9.17) is 18.3 Å². The van der Waals surface area contributed by atoms with Crippen molar-refractivity contribution in [3.05, 3.63) is 0 Å². The van der Waals surface area contributed by atoms with E-state index in [1.807, 2.05) is 0 Å². The molecule has 1 fully saturated rings. The minimum Gasteiger partial charge on any atom is -0.397 e. The van der Waals surface area contributed by atoms with Crippen LogP contribution in [0.25, 0.3) is 0 Å². The molecule has 1 aliphatic rings. The third-order valence-electron chi connectivity index (χ3n) is 2.44. The van der Waals surface area contributed by atoms with E-state index in [0.717, 1.165) is 32.7 Å². The van der Waals surface area contributed by atoms with Crippen molar-refractivity contribution in [2.75, 3.05) is 34.0 Å². The first kappa shape index (κ1) is 13.1. The second-order valence-corrected chi connectivity index (χ2v) is 6.24. The van der Waals surface area contributed by atoms with Crippen molar-refractivity contribution in [2.45, 2.75) is 31.4 Å². The van der Waals surface area contributed by atoms with E-state index in [0.29, 0.717) is 11.6 Å². The molecule has 89 valence electrons. The lowest BCUT2D eigenvalue weighted by Gasteiger charge is -2.16. The molecule has 0 bridgehead atoms. The van der Waals surface area contributed by atoms with E-state index in [2.05, 4.69) is 6.92 Å². The van der Waals surface area contributed by atoms with E-state index in [9.17, 15) is 0 Å². The van der Waals surface area contributed by atoms with Crippen LogP contribution in [0.15, 0.2) is 0 Å². The number of hydrogen-bond donors (Lipinski definition) is 0. The van der Waals surface area contributed by atoms with Gasteiger partial charge in [-0.15, -0.1) is 0 Å². The van der Waals surface area contributed by atoms with Gasteiger partial charge in [0.2, 0.25) is 0 Å². The quantitative estimate of drug-likeness (QED) is 0.342. The predicted molar refractivity (Wildman–Crippen MR) is 59.0 cm³/mol. The first-order chi connectivity index (χ1) is 7.27. The molecular formula is C10H21O4Si. The second-order valence-electron chi connectivity index (χ2n) is 3.80. The SMILES string of the molecule is CO[Si](OC)C(C)CCCOCC1CO1. The summed E-state index contributed by atoms with van der Waals surface area (Å²) in [4.78, 5) is 0. The van der Waals surface area contributed by atoms with Gasteiger partial charge in [0.15, 0.2) is 0 Å². The maximum Gasteiger partial charge on any atom is 0.387 e. The zero-order valence-corrected chi connectivity index (χ0v) is 10.8. The van der Waals surface area contributed by atoms with E-state index < -0.39 is 9.28 Å². The molecule has 0 aromatic heterocycles. The molecule has 0 saturated carbocycles. The van der Waals surface area contributed by atoms with Crippen molar-refractivity contribution < 1.29 is 18.3 Å². The molecule has 2 atom stereocenters. The maximum absolute atomic E-state index is 5.46. The van der Waals surface area contributed by atoms with Gasteiger partial charge in [-0.3, -0.25) is 0 Å². The van der Waals surface area contributed by atoms with Gasteiger partial charge in [0.25, 0.3) is 0 Å². The van der Waals surface area contributed by atoms with Gasteiger partial charge in [0, 0.05) is 26.4 Å². The molecule has 0 aromatic carbocycles. The Balaban J connectivity index is 1.92. The van der Waals surface area contributed by atoms with E-state index in [1.54, 1.807) is 14.2 Å². The summed E-state index contributed by atoms with van der Waals surface area (Å²) in [7, 11) is 2.36. The Hall–Kier alpha value is 0.0569. The summed E-state index contributed by atoms with van der Waals surface area (Å²) in [6.07, 6.45) is 2.54. The molecule has 0 aliphatic carbocycles. The summed E-state index contributed by atoms with van der Waals surface area (Å²) < 4.78 is 21.1. The van der Waals surface area contributed by atoms with Crippen molar-refractivity contribution in [2.24, 2.45) is 0 Å². The molecule has 2 unspecified atom stereocenters. The zero-order valence-electron chi connectivity index (χ0n) is 9.82. The fourth-order valence-electron chi connectivity index (χ4n) is 1.47. The monoisotopic (exact) mass is 233 g/mol. The van der Waals surface area contributed by atoms with Crippen LogP contribution in [0.1, 0.15) is 19.8 Å². The minimum absolute atomic E-state index is 0.375. The van der Waals surface area contributed by atoms with Gasteiger partial charge in [-0.2, -0.15) is 0 Å². The summed E-state index contributed by atoms with van der Waals surface area (Å²) in [6.45, 7) is 4.61. The average Bonchev–Trinajstić information content (AvgIpc) is 3.03. The van der Waals surface area contributed by atoms with E-state index in [-0.39, 0.29) is 0 Å². The fraction of sp³-hybridized carbons (Fsp3) is 1.00. The molecular weight excluding hydrogens is 212 g/mol. The highest BCUT2D eigenvalue weighted by molar-refractivity contribution is 6.46. The van der Waals surface area contributed by atoms with Crippen LogP contribution in [-0.2, 0) is 18.3 Å². The van der Waals surface area contributed by atoms with Crippen LogP contribution in [0.4, 0.5) is 0 Å². The fourth-order valence-corrected chi connectivity index (χ4v) is 2.89. The molecule has 4 nitrogen and oxygen atoms in total. The summed E-state index contributed by atoms with van der Waals surface area (Å²) >= 11 is 0. The molecule has 0 aromatic rings. The molecule has 5 heteroatoms. The lowest BCUT2D eigenvalue weighted by Crippen LogP contribution is -2.24. The molecule has 1 saturated heterocycles. The minimum atomic E-state index is -1.07. The molecule has 1 aliphatic heterocycles. The topological polar surface area (TPSA) is 40.2 Å². The van der Waals surface area contributed by atoms with Gasteiger partial charge in [-0.1, -0.05) is 6.92 Å². The summed E-state index contributed by atoms with van der Waals surface area (Å²) in [5, 5.41) is 0. The number of ether oxygens (including phenoxy) is 2. The average molecular weight is 233 g/mol. The zero-order chi connectivity index (χ0) is 11.1. The Bertz CT molecular complexity index is 160. The molecule has 1 rings (SSSR count). The predicted octanol–water partition coefficient (Wildman–Crippen LogP) is 1.35. The molecule has 15 heavy (non-hydrogen) atoms. The standard InChI is InChI=1S/C10H21O4Si/c1-9(15(11-2)12-3)5-4-6-13-7-10-8-14-10/h9-10H,4-8H2,1-3H3. The molecule has 0 amide bonds. The number of hydrogen-bond acceptors (Lipinski definition) is 4. The van der Waals surface area contributed by atoms with Crippen molar-refractivity contribution in [3.8, 4) is 0 Å². The normalized spacial score (nSPS) is 22.0. The first-order valence-electron chi connectivity index (χ1n) is 5.42. The van der Waals surface area contributed by atoms with Gasteiger partial charge in [-0.25, -0.2) is 0 Å². The van der Waals surface area contributed by atoms with Crippen LogP contribution in [0, 0.1) is 0 Å². The van der Waals surface area contributed by atoms with Crippen molar-refractivity contribution in [1.82, 2.24) is 0 Å². The number of epoxide rings is 1. The van der Waals surface area contributed by atoms with Gasteiger partial charge in [0.1, 0.15) is 6.10 Å². The van der Waals surface area contributed by atoms with E-state index in [1.165, 1.54) is 0 Å². The largest absolute Gasteiger partial charge is 0.397 e. The third kappa shape index (κ3) is 5.63.